The van der Waals surface area contributed by atoms with Gasteiger partial charge in [0.15, 0.2) is 0 Å². The Hall–Kier alpha value is -2.53. The van der Waals surface area contributed by atoms with Crippen LogP contribution in [0.4, 0.5) is 17.1 Å². The lowest BCUT2D eigenvalue weighted by Crippen LogP contribution is -2.24. The van der Waals surface area contributed by atoms with E-state index < -0.39 is 0 Å². The third-order valence-electron chi connectivity index (χ3n) is 4.88. The number of rotatable bonds is 4. The molecule has 0 bridgehead atoms. The van der Waals surface area contributed by atoms with Crippen LogP contribution in [0.25, 0.3) is 0 Å². The molecule has 0 unspecified atom stereocenters. The lowest BCUT2D eigenvalue weighted by molar-refractivity contribution is -0.120. The van der Waals surface area contributed by atoms with Gasteiger partial charge in [-0.05, 0) is 55.7 Å². The average Bonchev–Trinajstić information content (AvgIpc) is 2.65. The highest BCUT2D eigenvalue weighted by molar-refractivity contribution is 6.06. The molecule has 1 aliphatic rings. The van der Waals surface area contributed by atoms with Crippen molar-refractivity contribution in [2.45, 2.75) is 39.0 Å². The summed E-state index contributed by atoms with van der Waals surface area (Å²) in [6.07, 6.45) is 5.32. The number of anilines is 3. The molecule has 144 valence electrons. The molecule has 0 spiro atoms. The average molecular weight is 388 g/mol. The van der Waals surface area contributed by atoms with Crippen molar-refractivity contribution in [3.05, 3.63) is 53.6 Å². The number of carbonyl (C=O) groups excluding carboxylic acids is 2. The smallest absolute Gasteiger partial charge is 0.255 e. The number of aryl methyl sites for hydroxylation is 1. The van der Waals surface area contributed by atoms with E-state index in [1.807, 2.05) is 19.1 Å². The summed E-state index contributed by atoms with van der Waals surface area (Å²) >= 11 is 0. The first kappa shape index (κ1) is 20.8. The van der Waals surface area contributed by atoms with Crippen molar-refractivity contribution in [1.29, 1.82) is 0 Å². The van der Waals surface area contributed by atoms with E-state index in [1.54, 1.807) is 30.3 Å². The summed E-state index contributed by atoms with van der Waals surface area (Å²) in [4.78, 5) is 24.9. The summed E-state index contributed by atoms with van der Waals surface area (Å²) in [6, 6.07) is 12.4. The van der Waals surface area contributed by atoms with Crippen LogP contribution in [0.5, 0.6) is 0 Å². The largest absolute Gasteiger partial charge is 0.399 e. The van der Waals surface area contributed by atoms with Crippen LogP contribution in [0, 0.1) is 12.8 Å². The van der Waals surface area contributed by atoms with Crippen molar-refractivity contribution in [3.8, 4) is 0 Å². The minimum Gasteiger partial charge on any atom is -0.399 e. The lowest BCUT2D eigenvalue weighted by Gasteiger charge is -2.20. The van der Waals surface area contributed by atoms with Crippen molar-refractivity contribution in [2.75, 3.05) is 16.4 Å². The molecule has 3 rings (SSSR count). The van der Waals surface area contributed by atoms with Gasteiger partial charge in [0.25, 0.3) is 5.91 Å². The molecule has 1 aliphatic carbocycles. The minimum absolute atomic E-state index is 0. The van der Waals surface area contributed by atoms with Crippen molar-refractivity contribution >= 4 is 41.3 Å². The van der Waals surface area contributed by atoms with E-state index in [0.717, 1.165) is 31.2 Å². The molecule has 5 nitrogen and oxygen atoms in total. The number of nitrogens with one attached hydrogen (secondary N) is 2. The highest BCUT2D eigenvalue weighted by Gasteiger charge is 2.21. The van der Waals surface area contributed by atoms with E-state index in [-0.39, 0.29) is 30.1 Å². The van der Waals surface area contributed by atoms with Gasteiger partial charge in [0.2, 0.25) is 5.91 Å². The van der Waals surface area contributed by atoms with Crippen molar-refractivity contribution in [3.63, 3.8) is 0 Å². The Labute approximate surface area is 166 Å². The minimum atomic E-state index is -0.229. The third-order valence-corrected chi connectivity index (χ3v) is 4.88. The van der Waals surface area contributed by atoms with Crippen LogP contribution in [0.2, 0.25) is 0 Å². The summed E-state index contributed by atoms with van der Waals surface area (Å²) in [5.74, 6) is -0.0995. The molecule has 27 heavy (non-hydrogen) atoms. The zero-order chi connectivity index (χ0) is 18.5. The molecule has 0 radical (unpaired) electrons. The van der Waals surface area contributed by atoms with Crippen LogP contribution in [0.1, 0.15) is 48.0 Å². The van der Waals surface area contributed by atoms with E-state index in [4.69, 9.17) is 5.73 Å². The van der Waals surface area contributed by atoms with Crippen LogP contribution in [-0.2, 0) is 4.79 Å². The molecular formula is C21H26ClN3O2. The van der Waals surface area contributed by atoms with Gasteiger partial charge in [-0.2, -0.15) is 0 Å². The summed E-state index contributed by atoms with van der Waals surface area (Å²) in [7, 11) is 0. The Morgan fingerprint density at radius 3 is 2.48 bits per heavy atom. The highest BCUT2D eigenvalue weighted by atomic mass is 35.5. The fraction of sp³-hybridized carbons (Fsp3) is 0.333. The number of halogens is 1. The Morgan fingerprint density at radius 1 is 1.00 bits per heavy atom. The number of benzene rings is 2. The van der Waals surface area contributed by atoms with Crippen LogP contribution in [0.15, 0.2) is 42.5 Å². The molecule has 0 saturated heterocycles. The SMILES string of the molecule is Cc1ccc(N)cc1NC(=O)c1cccc(NC(=O)C2CCCCC2)c1.Cl. The zero-order valence-electron chi connectivity index (χ0n) is 15.5. The first-order valence-electron chi connectivity index (χ1n) is 9.11. The number of hydrogen-bond donors (Lipinski definition) is 3. The van der Waals surface area contributed by atoms with Crippen LogP contribution >= 0.6 is 12.4 Å². The maximum absolute atomic E-state index is 12.6. The quantitative estimate of drug-likeness (QED) is 0.660. The highest BCUT2D eigenvalue weighted by Crippen LogP contribution is 2.25. The molecule has 6 heteroatoms. The van der Waals surface area contributed by atoms with Crippen molar-refractivity contribution in [1.82, 2.24) is 0 Å². The van der Waals surface area contributed by atoms with E-state index in [0.29, 0.717) is 22.6 Å². The fourth-order valence-electron chi connectivity index (χ4n) is 3.32. The Bertz CT molecular complexity index is 817. The van der Waals surface area contributed by atoms with Gasteiger partial charge >= 0.3 is 0 Å². The summed E-state index contributed by atoms with van der Waals surface area (Å²) in [5.41, 5.74) is 9.16. The van der Waals surface area contributed by atoms with E-state index in [9.17, 15) is 9.59 Å². The number of nitrogens with two attached hydrogens (primary N) is 1. The van der Waals surface area contributed by atoms with E-state index in [2.05, 4.69) is 10.6 Å². The standard InChI is InChI=1S/C21H25N3O2.ClH/c1-14-10-11-17(22)13-19(14)24-21(26)16-8-5-9-18(12-16)23-20(25)15-6-3-2-4-7-15;/h5,8-13,15H,2-4,6-7,22H2,1H3,(H,23,25)(H,24,26);1H. The summed E-state index contributed by atoms with van der Waals surface area (Å²) in [6.45, 7) is 1.91. The summed E-state index contributed by atoms with van der Waals surface area (Å²) < 4.78 is 0. The normalized spacial score (nSPS) is 14.1. The van der Waals surface area contributed by atoms with Crippen LogP contribution in [0.3, 0.4) is 0 Å². The lowest BCUT2D eigenvalue weighted by atomic mass is 9.88. The van der Waals surface area contributed by atoms with Gasteiger partial charge in [-0.15, -0.1) is 12.4 Å². The third kappa shape index (κ3) is 5.47. The second-order valence-electron chi connectivity index (χ2n) is 6.93. The number of nitrogen functional groups attached to an aromatic ring is 1. The molecule has 2 aromatic carbocycles. The van der Waals surface area contributed by atoms with Gasteiger partial charge < -0.3 is 16.4 Å². The Kier molecular flexibility index (Phi) is 7.25. The van der Waals surface area contributed by atoms with Gasteiger partial charge in [0, 0.05) is 28.5 Å². The molecule has 1 saturated carbocycles. The zero-order valence-corrected chi connectivity index (χ0v) is 16.3. The predicted molar refractivity (Wildman–Crippen MR) is 112 cm³/mol. The van der Waals surface area contributed by atoms with Crippen LogP contribution in [-0.4, -0.2) is 11.8 Å². The van der Waals surface area contributed by atoms with Gasteiger partial charge in [0.05, 0.1) is 0 Å². The maximum atomic E-state index is 12.6. The molecule has 4 N–H and O–H groups in total. The Balaban J connectivity index is 0.00000261. The molecule has 2 aromatic rings. The van der Waals surface area contributed by atoms with Gasteiger partial charge in [0.1, 0.15) is 0 Å². The van der Waals surface area contributed by atoms with Gasteiger partial charge in [-0.1, -0.05) is 31.4 Å². The molecule has 0 atom stereocenters. The van der Waals surface area contributed by atoms with Gasteiger partial charge in [-0.25, -0.2) is 0 Å². The predicted octanol–water partition coefficient (Wildman–Crippen LogP) is 4.77. The first-order chi connectivity index (χ1) is 12.5. The second-order valence-corrected chi connectivity index (χ2v) is 6.93. The number of carbonyl (C=O) groups is 2. The molecule has 0 heterocycles. The topological polar surface area (TPSA) is 84.2 Å². The Morgan fingerprint density at radius 2 is 1.74 bits per heavy atom. The molecule has 1 fully saturated rings. The van der Waals surface area contributed by atoms with Crippen molar-refractivity contribution < 1.29 is 9.59 Å². The number of hydrogen-bond acceptors (Lipinski definition) is 3. The molecular weight excluding hydrogens is 362 g/mol. The van der Waals surface area contributed by atoms with E-state index >= 15 is 0 Å². The fourth-order valence-corrected chi connectivity index (χ4v) is 3.32. The van der Waals surface area contributed by atoms with E-state index in [1.165, 1.54) is 6.42 Å². The maximum Gasteiger partial charge on any atom is 0.255 e. The number of amides is 2. The first-order valence-corrected chi connectivity index (χ1v) is 9.11. The van der Waals surface area contributed by atoms with Crippen LogP contribution < -0.4 is 16.4 Å². The van der Waals surface area contributed by atoms with Gasteiger partial charge in [-0.3, -0.25) is 9.59 Å². The summed E-state index contributed by atoms with van der Waals surface area (Å²) in [5, 5.41) is 5.83. The second kappa shape index (κ2) is 9.42. The molecule has 0 aliphatic heterocycles. The van der Waals surface area contributed by atoms with Crippen molar-refractivity contribution in [2.24, 2.45) is 5.92 Å². The monoisotopic (exact) mass is 387 g/mol. The molecule has 0 aromatic heterocycles. The molecule has 2 amide bonds.